The van der Waals surface area contributed by atoms with Gasteiger partial charge >= 0.3 is 0 Å². The summed E-state index contributed by atoms with van der Waals surface area (Å²) in [5, 5.41) is 12.1. The lowest BCUT2D eigenvalue weighted by Crippen LogP contribution is -2.35. The van der Waals surface area contributed by atoms with Crippen LogP contribution in [-0.2, 0) is 4.79 Å². The predicted molar refractivity (Wildman–Crippen MR) is 63.2 cm³/mol. The van der Waals surface area contributed by atoms with Crippen LogP contribution >= 0.6 is 0 Å². The first-order chi connectivity index (χ1) is 9.06. The minimum absolute atomic E-state index is 0.0765. The summed E-state index contributed by atoms with van der Waals surface area (Å²) in [7, 11) is 1.48. The molecule has 0 saturated carbocycles. The van der Waals surface area contributed by atoms with E-state index in [-0.39, 0.29) is 18.3 Å². The molecule has 2 aromatic heterocycles. The molecule has 0 bridgehead atoms. The number of H-pyrrole nitrogens is 1. The van der Waals surface area contributed by atoms with Gasteiger partial charge in [0.2, 0.25) is 11.7 Å². The molecule has 0 spiro atoms. The van der Waals surface area contributed by atoms with Gasteiger partial charge in [0.25, 0.3) is 5.91 Å². The van der Waals surface area contributed by atoms with E-state index in [0.29, 0.717) is 11.6 Å². The molecule has 0 aliphatic rings. The Kier molecular flexibility index (Phi) is 3.55. The van der Waals surface area contributed by atoms with E-state index in [1.807, 2.05) is 0 Å². The number of aryl methyl sites for hydroxylation is 1. The van der Waals surface area contributed by atoms with E-state index >= 15 is 0 Å². The van der Waals surface area contributed by atoms with Crippen LogP contribution in [0.1, 0.15) is 16.4 Å². The van der Waals surface area contributed by atoms with Crippen LogP contribution in [0, 0.1) is 6.92 Å². The van der Waals surface area contributed by atoms with Gasteiger partial charge in [0.1, 0.15) is 18.6 Å². The SMILES string of the molecule is Cc1cc(NC(=O)CN(C)C(=O)c2ncn[nH]2)no1. The number of aromatic nitrogens is 4. The van der Waals surface area contributed by atoms with Crippen LogP contribution in [0.3, 0.4) is 0 Å². The first-order valence-electron chi connectivity index (χ1n) is 5.40. The fourth-order valence-electron chi connectivity index (χ4n) is 1.38. The molecule has 2 heterocycles. The Labute approximate surface area is 108 Å². The Morgan fingerprint density at radius 1 is 1.53 bits per heavy atom. The number of rotatable bonds is 4. The van der Waals surface area contributed by atoms with Gasteiger partial charge in [-0.1, -0.05) is 5.16 Å². The number of aromatic amines is 1. The first kappa shape index (κ1) is 12.7. The minimum Gasteiger partial charge on any atom is -0.360 e. The zero-order valence-electron chi connectivity index (χ0n) is 10.4. The van der Waals surface area contributed by atoms with Crippen molar-refractivity contribution in [1.29, 1.82) is 0 Å². The number of anilines is 1. The topological polar surface area (TPSA) is 117 Å². The summed E-state index contributed by atoms with van der Waals surface area (Å²) >= 11 is 0. The van der Waals surface area contributed by atoms with Crippen molar-refractivity contribution in [2.75, 3.05) is 18.9 Å². The van der Waals surface area contributed by atoms with Crippen molar-refractivity contribution in [1.82, 2.24) is 25.2 Å². The third-order valence-corrected chi connectivity index (χ3v) is 2.24. The largest absolute Gasteiger partial charge is 0.360 e. The van der Waals surface area contributed by atoms with Gasteiger partial charge in [0, 0.05) is 13.1 Å². The van der Waals surface area contributed by atoms with Crippen molar-refractivity contribution in [3.8, 4) is 0 Å². The van der Waals surface area contributed by atoms with Crippen LogP contribution in [0.4, 0.5) is 5.82 Å². The molecule has 0 atom stereocenters. The van der Waals surface area contributed by atoms with E-state index in [0.717, 1.165) is 0 Å². The van der Waals surface area contributed by atoms with Gasteiger partial charge in [-0.2, -0.15) is 5.10 Å². The van der Waals surface area contributed by atoms with Gasteiger partial charge in [-0.3, -0.25) is 14.7 Å². The zero-order valence-corrected chi connectivity index (χ0v) is 10.4. The summed E-state index contributed by atoms with van der Waals surface area (Å²) in [4.78, 5) is 28.4. The average molecular weight is 264 g/mol. The highest BCUT2D eigenvalue weighted by molar-refractivity contribution is 5.97. The summed E-state index contributed by atoms with van der Waals surface area (Å²) in [6.45, 7) is 1.58. The second kappa shape index (κ2) is 5.29. The molecule has 0 aliphatic heterocycles. The van der Waals surface area contributed by atoms with Gasteiger partial charge in [0.15, 0.2) is 5.82 Å². The van der Waals surface area contributed by atoms with E-state index in [2.05, 4.69) is 25.7 Å². The zero-order chi connectivity index (χ0) is 13.8. The number of carbonyl (C=O) groups excluding carboxylic acids is 2. The van der Waals surface area contributed by atoms with E-state index in [1.54, 1.807) is 13.0 Å². The van der Waals surface area contributed by atoms with Gasteiger partial charge in [0.05, 0.1) is 0 Å². The molecular formula is C10H12N6O3. The van der Waals surface area contributed by atoms with E-state index in [4.69, 9.17) is 4.52 Å². The molecule has 2 N–H and O–H groups in total. The minimum atomic E-state index is -0.427. The smallest absolute Gasteiger partial charge is 0.291 e. The van der Waals surface area contributed by atoms with Crippen LogP contribution in [0.15, 0.2) is 16.9 Å². The van der Waals surface area contributed by atoms with Crippen LogP contribution in [0.2, 0.25) is 0 Å². The second-order valence-corrected chi connectivity index (χ2v) is 3.87. The molecular weight excluding hydrogens is 252 g/mol. The molecule has 0 saturated heterocycles. The van der Waals surface area contributed by atoms with Crippen molar-refractivity contribution < 1.29 is 14.1 Å². The number of carbonyl (C=O) groups is 2. The maximum atomic E-state index is 11.8. The van der Waals surface area contributed by atoms with Crippen LogP contribution in [0.5, 0.6) is 0 Å². The van der Waals surface area contributed by atoms with Crippen molar-refractivity contribution >= 4 is 17.6 Å². The second-order valence-electron chi connectivity index (χ2n) is 3.87. The lowest BCUT2D eigenvalue weighted by molar-refractivity contribution is -0.116. The Balaban J connectivity index is 1.90. The van der Waals surface area contributed by atoms with Gasteiger partial charge < -0.3 is 14.7 Å². The summed E-state index contributed by atoms with van der Waals surface area (Å²) in [6.07, 6.45) is 1.22. The molecule has 9 nitrogen and oxygen atoms in total. The summed E-state index contributed by atoms with van der Waals surface area (Å²) < 4.78 is 4.81. The van der Waals surface area contributed by atoms with Crippen molar-refractivity contribution in [2.24, 2.45) is 0 Å². The normalized spacial score (nSPS) is 10.2. The number of hydrogen-bond acceptors (Lipinski definition) is 6. The standard InChI is InChI=1S/C10H12N6O3/c1-6-3-7(15-19-6)13-8(17)4-16(2)10(18)9-11-5-12-14-9/h3,5H,4H2,1-2H3,(H,11,12,14)(H,13,15,17). The summed E-state index contributed by atoms with van der Waals surface area (Å²) in [5.74, 6) is 0.157. The number of likely N-dealkylation sites (N-methyl/N-ethyl adjacent to an activating group) is 1. The molecule has 2 rings (SSSR count). The third-order valence-electron chi connectivity index (χ3n) is 2.24. The Morgan fingerprint density at radius 2 is 2.32 bits per heavy atom. The van der Waals surface area contributed by atoms with E-state index < -0.39 is 5.91 Å². The maximum absolute atomic E-state index is 11.8. The van der Waals surface area contributed by atoms with Crippen molar-refractivity contribution in [2.45, 2.75) is 6.92 Å². The Hall–Kier alpha value is -2.71. The summed E-state index contributed by atoms with van der Waals surface area (Å²) in [5.41, 5.74) is 0. The third kappa shape index (κ3) is 3.15. The molecule has 0 unspecified atom stereocenters. The number of nitrogens with one attached hydrogen (secondary N) is 2. The maximum Gasteiger partial charge on any atom is 0.291 e. The molecule has 9 heteroatoms. The molecule has 2 amide bonds. The molecule has 2 aromatic rings. The first-order valence-corrected chi connectivity index (χ1v) is 5.40. The number of hydrogen-bond donors (Lipinski definition) is 2. The molecule has 100 valence electrons. The van der Waals surface area contributed by atoms with Gasteiger partial charge in [-0.25, -0.2) is 4.98 Å². The lowest BCUT2D eigenvalue weighted by atomic mass is 10.4. The highest BCUT2D eigenvalue weighted by Crippen LogP contribution is 2.06. The fourth-order valence-corrected chi connectivity index (χ4v) is 1.38. The number of nitrogens with zero attached hydrogens (tertiary/aromatic N) is 4. The predicted octanol–water partition coefficient (Wildman–Crippen LogP) is -0.188. The van der Waals surface area contributed by atoms with Gasteiger partial charge in [-0.05, 0) is 6.92 Å². The quantitative estimate of drug-likeness (QED) is 0.790. The molecule has 0 aromatic carbocycles. The highest BCUT2D eigenvalue weighted by atomic mass is 16.5. The van der Waals surface area contributed by atoms with Crippen molar-refractivity contribution in [3.05, 3.63) is 24.0 Å². The van der Waals surface area contributed by atoms with Crippen molar-refractivity contribution in [3.63, 3.8) is 0 Å². The Bertz CT molecular complexity index is 576. The van der Waals surface area contributed by atoms with Crippen LogP contribution < -0.4 is 5.32 Å². The summed E-state index contributed by atoms with van der Waals surface area (Å²) in [6, 6.07) is 1.58. The number of amides is 2. The molecule has 19 heavy (non-hydrogen) atoms. The van der Waals surface area contributed by atoms with E-state index in [1.165, 1.54) is 18.3 Å². The average Bonchev–Trinajstić information content (AvgIpc) is 2.99. The molecule has 0 aliphatic carbocycles. The van der Waals surface area contributed by atoms with Crippen LogP contribution in [0.25, 0.3) is 0 Å². The Morgan fingerprint density at radius 3 is 2.89 bits per heavy atom. The monoisotopic (exact) mass is 264 g/mol. The van der Waals surface area contributed by atoms with E-state index in [9.17, 15) is 9.59 Å². The highest BCUT2D eigenvalue weighted by Gasteiger charge is 2.17. The van der Waals surface area contributed by atoms with Crippen LogP contribution in [-0.4, -0.2) is 50.6 Å². The molecule has 0 radical (unpaired) electrons. The van der Waals surface area contributed by atoms with Gasteiger partial charge in [-0.15, -0.1) is 0 Å². The lowest BCUT2D eigenvalue weighted by Gasteiger charge is -2.14. The molecule has 0 fully saturated rings. The fraction of sp³-hybridized carbons (Fsp3) is 0.300.